The molecule has 1 amide bonds. The standard InChI is InChI=1S/C23H22F2N4O4/c1-33-13-12-28-21(26)20(22(31)27-23(28)32)29(14-15-6-3-2-4-7-15)19(30)11-10-16-17(24)8-5-9-18(16)25/h2-11H,12-14,26H2,1H3,(H,27,31,32)/b11-10+. The minimum absolute atomic E-state index is 0.0363. The van der Waals surface area contributed by atoms with E-state index in [0.29, 0.717) is 5.56 Å². The summed E-state index contributed by atoms with van der Waals surface area (Å²) in [5.74, 6) is -2.70. The number of nitrogens with one attached hydrogen (secondary N) is 1. The summed E-state index contributed by atoms with van der Waals surface area (Å²) in [5.41, 5.74) is 4.48. The maximum absolute atomic E-state index is 14.0. The second-order valence-corrected chi connectivity index (χ2v) is 7.02. The van der Waals surface area contributed by atoms with Crippen molar-refractivity contribution in [1.82, 2.24) is 9.55 Å². The molecule has 10 heteroatoms. The average molecular weight is 456 g/mol. The molecule has 1 aromatic heterocycles. The summed E-state index contributed by atoms with van der Waals surface area (Å²) in [6.45, 7) is 0.0861. The van der Waals surface area contributed by atoms with Crippen LogP contribution in [0.2, 0.25) is 0 Å². The molecule has 3 aromatic rings. The van der Waals surface area contributed by atoms with Crippen LogP contribution in [-0.2, 0) is 22.6 Å². The van der Waals surface area contributed by atoms with Gasteiger partial charge < -0.3 is 10.5 Å². The first-order chi connectivity index (χ1) is 15.8. The highest BCUT2D eigenvalue weighted by Gasteiger charge is 2.23. The van der Waals surface area contributed by atoms with Gasteiger partial charge in [0.25, 0.3) is 11.5 Å². The molecule has 0 aliphatic rings. The number of anilines is 2. The van der Waals surface area contributed by atoms with Crippen LogP contribution >= 0.6 is 0 Å². The van der Waals surface area contributed by atoms with Gasteiger partial charge in [0, 0.05) is 18.7 Å². The van der Waals surface area contributed by atoms with E-state index < -0.39 is 34.4 Å². The highest BCUT2D eigenvalue weighted by Crippen LogP contribution is 2.21. The predicted molar refractivity (Wildman–Crippen MR) is 121 cm³/mol. The van der Waals surface area contributed by atoms with E-state index in [9.17, 15) is 23.2 Å². The Hall–Kier alpha value is -4.05. The van der Waals surface area contributed by atoms with Crippen LogP contribution in [0.4, 0.5) is 20.3 Å². The van der Waals surface area contributed by atoms with Crippen molar-refractivity contribution in [2.24, 2.45) is 0 Å². The lowest BCUT2D eigenvalue weighted by Gasteiger charge is -2.23. The Morgan fingerprint density at radius 3 is 2.42 bits per heavy atom. The van der Waals surface area contributed by atoms with Gasteiger partial charge >= 0.3 is 5.69 Å². The third-order valence-corrected chi connectivity index (χ3v) is 4.84. The number of rotatable bonds is 8. The summed E-state index contributed by atoms with van der Waals surface area (Å²) < 4.78 is 34.0. The van der Waals surface area contributed by atoms with Crippen LogP contribution in [0.3, 0.4) is 0 Å². The highest BCUT2D eigenvalue weighted by atomic mass is 19.1. The molecule has 0 aliphatic heterocycles. The van der Waals surface area contributed by atoms with Gasteiger partial charge in [-0.3, -0.25) is 24.0 Å². The fourth-order valence-corrected chi connectivity index (χ4v) is 3.19. The molecular formula is C23H22F2N4O4. The van der Waals surface area contributed by atoms with Crippen LogP contribution in [0, 0.1) is 11.6 Å². The van der Waals surface area contributed by atoms with Crippen molar-refractivity contribution >= 4 is 23.5 Å². The number of hydrogen-bond acceptors (Lipinski definition) is 5. The fourth-order valence-electron chi connectivity index (χ4n) is 3.19. The third kappa shape index (κ3) is 5.42. The van der Waals surface area contributed by atoms with Crippen molar-refractivity contribution < 1.29 is 18.3 Å². The zero-order valence-electron chi connectivity index (χ0n) is 17.8. The second kappa shape index (κ2) is 10.5. The number of H-pyrrole nitrogens is 1. The highest BCUT2D eigenvalue weighted by molar-refractivity contribution is 6.05. The molecule has 3 N–H and O–H groups in total. The summed E-state index contributed by atoms with van der Waals surface area (Å²) in [5, 5.41) is 0. The van der Waals surface area contributed by atoms with Gasteiger partial charge in [-0.25, -0.2) is 13.6 Å². The number of hydrogen-bond donors (Lipinski definition) is 2. The summed E-state index contributed by atoms with van der Waals surface area (Å²) in [6.07, 6.45) is 1.92. The van der Waals surface area contributed by atoms with Crippen LogP contribution in [0.25, 0.3) is 6.08 Å². The first-order valence-electron chi connectivity index (χ1n) is 9.92. The Bertz CT molecular complexity index is 1270. The molecule has 0 saturated carbocycles. The van der Waals surface area contributed by atoms with E-state index in [1.807, 2.05) is 0 Å². The Balaban J connectivity index is 2.09. The summed E-state index contributed by atoms with van der Waals surface area (Å²) in [4.78, 5) is 41.2. The van der Waals surface area contributed by atoms with E-state index in [2.05, 4.69) is 4.98 Å². The van der Waals surface area contributed by atoms with E-state index in [4.69, 9.17) is 10.5 Å². The van der Waals surface area contributed by atoms with Crippen molar-refractivity contribution in [1.29, 1.82) is 0 Å². The Kier molecular flexibility index (Phi) is 7.52. The van der Waals surface area contributed by atoms with E-state index >= 15 is 0 Å². The van der Waals surface area contributed by atoms with Gasteiger partial charge in [0.1, 0.15) is 17.5 Å². The number of nitrogens with two attached hydrogens (primary N) is 1. The first kappa shape index (κ1) is 23.6. The molecule has 3 rings (SSSR count). The van der Waals surface area contributed by atoms with Gasteiger partial charge in [-0.15, -0.1) is 0 Å². The number of amides is 1. The number of nitrogens with zero attached hydrogens (tertiary/aromatic N) is 2. The summed E-state index contributed by atoms with van der Waals surface area (Å²) in [7, 11) is 1.44. The van der Waals surface area contributed by atoms with E-state index in [-0.39, 0.29) is 31.2 Å². The summed E-state index contributed by atoms with van der Waals surface area (Å²) in [6, 6.07) is 12.0. The van der Waals surface area contributed by atoms with Crippen molar-refractivity contribution in [3.05, 3.63) is 98.2 Å². The maximum Gasteiger partial charge on any atom is 0.330 e. The molecule has 0 bridgehead atoms. The van der Waals surface area contributed by atoms with Crippen molar-refractivity contribution in [3.8, 4) is 0 Å². The molecule has 1 heterocycles. The lowest BCUT2D eigenvalue weighted by atomic mass is 10.1. The quantitative estimate of drug-likeness (QED) is 0.506. The molecule has 0 saturated heterocycles. The number of nitrogen functional groups attached to an aromatic ring is 1. The number of aromatic nitrogens is 2. The number of carbonyl (C=O) groups excluding carboxylic acids is 1. The Morgan fingerprint density at radius 1 is 1.12 bits per heavy atom. The van der Waals surface area contributed by atoms with Crippen molar-refractivity contribution in [2.75, 3.05) is 24.4 Å². The van der Waals surface area contributed by atoms with Crippen molar-refractivity contribution in [3.63, 3.8) is 0 Å². The van der Waals surface area contributed by atoms with E-state index in [0.717, 1.165) is 33.8 Å². The number of methoxy groups -OCH3 is 1. The predicted octanol–water partition coefficient (Wildman–Crippen LogP) is 2.29. The fraction of sp³-hybridized carbons (Fsp3) is 0.174. The minimum Gasteiger partial charge on any atom is -0.383 e. The molecule has 0 radical (unpaired) electrons. The van der Waals surface area contributed by atoms with Crippen LogP contribution < -0.4 is 21.9 Å². The Labute approximate surface area is 187 Å². The zero-order valence-corrected chi connectivity index (χ0v) is 17.8. The lowest BCUT2D eigenvalue weighted by Crippen LogP contribution is -2.40. The minimum atomic E-state index is -0.874. The van der Waals surface area contributed by atoms with Crippen molar-refractivity contribution in [2.45, 2.75) is 13.1 Å². The lowest BCUT2D eigenvalue weighted by molar-refractivity contribution is -0.114. The topological polar surface area (TPSA) is 110 Å². The number of ether oxygens (including phenoxy) is 1. The van der Waals surface area contributed by atoms with Crippen LogP contribution in [0.1, 0.15) is 11.1 Å². The number of carbonyl (C=O) groups is 1. The number of benzene rings is 2. The molecule has 172 valence electrons. The van der Waals surface area contributed by atoms with Crippen LogP contribution in [-0.4, -0.2) is 29.2 Å². The Morgan fingerprint density at radius 2 is 1.79 bits per heavy atom. The van der Waals surface area contributed by atoms with Gasteiger partial charge in [-0.1, -0.05) is 36.4 Å². The molecule has 0 unspecified atom stereocenters. The molecule has 8 nitrogen and oxygen atoms in total. The smallest absolute Gasteiger partial charge is 0.330 e. The SMILES string of the molecule is COCCn1c(N)c(N(Cc2ccccc2)C(=O)/C=C/c2c(F)cccc2F)c(=O)[nH]c1=O. The molecule has 0 spiro atoms. The van der Waals surface area contributed by atoms with E-state index in [1.54, 1.807) is 30.3 Å². The van der Waals surface area contributed by atoms with Gasteiger partial charge in [-0.05, 0) is 23.8 Å². The normalized spacial score (nSPS) is 11.1. The molecular weight excluding hydrogens is 434 g/mol. The molecule has 0 fully saturated rings. The third-order valence-electron chi connectivity index (χ3n) is 4.84. The molecule has 33 heavy (non-hydrogen) atoms. The molecule has 0 aliphatic carbocycles. The second-order valence-electron chi connectivity index (χ2n) is 7.02. The van der Waals surface area contributed by atoms with E-state index in [1.165, 1.54) is 13.2 Å². The van der Waals surface area contributed by atoms with Gasteiger partial charge in [0.05, 0.1) is 19.7 Å². The van der Waals surface area contributed by atoms with Crippen LogP contribution in [0.5, 0.6) is 0 Å². The monoisotopic (exact) mass is 456 g/mol. The van der Waals surface area contributed by atoms with Gasteiger partial charge in [0.15, 0.2) is 5.69 Å². The molecule has 2 aromatic carbocycles. The van der Waals surface area contributed by atoms with Gasteiger partial charge in [0.2, 0.25) is 0 Å². The maximum atomic E-state index is 14.0. The largest absolute Gasteiger partial charge is 0.383 e. The zero-order chi connectivity index (χ0) is 24.0. The first-order valence-corrected chi connectivity index (χ1v) is 9.92. The molecule has 0 atom stereocenters. The average Bonchev–Trinajstić information content (AvgIpc) is 2.78. The number of aromatic amines is 1. The number of halogens is 2. The summed E-state index contributed by atoms with van der Waals surface area (Å²) >= 11 is 0. The van der Waals surface area contributed by atoms with Crippen LogP contribution in [0.15, 0.2) is 64.2 Å². The van der Waals surface area contributed by atoms with Gasteiger partial charge in [-0.2, -0.15) is 0 Å².